The quantitative estimate of drug-likeness (QED) is 0.565. The molecule has 7 heteroatoms. The van der Waals surface area contributed by atoms with Crippen LogP contribution in [0.5, 0.6) is 0 Å². The lowest BCUT2D eigenvalue weighted by Crippen LogP contribution is -2.34. The zero-order chi connectivity index (χ0) is 14.4. The molecule has 1 aromatic rings. The molecule has 0 saturated heterocycles. The van der Waals surface area contributed by atoms with Gasteiger partial charge in [-0.05, 0) is 13.0 Å². The van der Waals surface area contributed by atoms with Crippen molar-refractivity contribution in [2.75, 3.05) is 20.1 Å². The minimum Gasteiger partial charge on any atom is -0.390 e. The van der Waals surface area contributed by atoms with Gasteiger partial charge in [0, 0.05) is 13.1 Å². The van der Waals surface area contributed by atoms with Crippen LogP contribution in [0.25, 0.3) is 0 Å². The van der Waals surface area contributed by atoms with Gasteiger partial charge < -0.3 is 10.0 Å². The van der Waals surface area contributed by atoms with E-state index in [2.05, 4.69) is 23.8 Å². The van der Waals surface area contributed by atoms with E-state index in [4.69, 9.17) is 0 Å². The van der Waals surface area contributed by atoms with Crippen molar-refractivity contribution in [2.24, 2.45) is 5.92 Å². The van der Waals surface area contributed by atoms with Crippen molar-refractivity contribution < 1.29 is 10.0 Å². The second-order valence-electron chi connectivity index (χ2n) is 5.07. The van der Waals surface area contributed by atoms with Gasteiger partial charge in [-0.3, -0.25) is 14.8 Å². The van der Waals surface area contributed by atoms with E-state index in [-0.39, 0.29) is 12.2 Å². The number of hydrogen-bond acceptors (Lipinski definition) is 5. The van der Waals surface area contributed by atoms with Crippen molar-refractivity contribution in [3.63, 3.8) is 0 Å². The third-order valence-corrected chi connectivity index (χ3v) is 3.07. The third kappa shape index (κ3) is 5.35. The zero-order valence-electron chi connectivity index (χ0n) is 11.7. The lowest BCUT2D eigenvalue weighted by molar-refractivity contribution is -0.385. The van der Waals surface area contributed by atoms with Gasteiger partial charge in [0.15, 0.2) is 0 Å². The summed E-state index contributed by atoms with van der Waals surface area (Å²) < 4.78 is 1.40. The molecule has 0 aliphatic carbocycles. The number of likely N-dealkylation sites (N-methyl/N-ethyl adjacent to an activating group) is 1. The third-order valence-electron chi connectivity index (χ3n) is 3.07. The molecule has 2 unspecified atom stereocenters. The van der Waals surface area contributed by atoms with Crippen LogP contribution in [-0.4, -0.2) is 51.0 Å². The number of aliphatic hydroxyl groups excluding tert-OH is 1. The molecule has 1 aromatic heterocycles. The first-order valence-electron chi connectivity index (χ1n) is 6.45. The first kappa shape index (κ1) is 15.6. The highest BCUT2D eigenvalue weighted by atomic mass is 16.6. The highest BCUT2D eigenvalue weighted by Gasteiger charge is 2.14. The lowest BCUT2D eigenvalue weighted by Gasteiger charge is -2.23. The number of hydrogen-bond donors (Lipinski definition) is 1. The second-order valence-corrected chi connectivity index (χ2v) is 5.07. The molecule has 0 amide bonds. The number of nitro groups is 1. The lowest BCUT2D eigenvalue weighted by atomic mass is 10.1. The van der Waals surface area contributed by atoms with Gasteiger partial charge in [0.2, 0.25) is 0 Å². The molecule has 0 saturated carbocycles. The van der Waals surface area contributed by atoms with E-state index in [9.17, 15) is 15.2 Å². The average molecular weight is 270 g/mol. The maximum absolute atomic E-state index is 10.5. The van der Waals surface area contributed by atoms with Gasteiger partial charge in [-0.15, -0.1) is 0 Å². The topological polar surface area (TPSA) is 84.4 Å². The molecule has 108 valence electrons. The fourth-order valence-corrected chi connectivity index (χ4v) is 1.92. The van der Waals surface area contributed by atoms with Crippen LogP contribution in [0.1, 0.15) is 20.3 Å². The maximum atomic E-state index is 10.5. The highest BCUT2D eigenvalue weighted by molar-refractivity contribution is 5.20. The van der Waals surface area contributed by atoms with Crippen LogP contribution in [0.2, 0.25) is 0 Å². The van der Waals surface area contributed by atoms with Crippen molar-refractivity contribution in [3.05, 3.63) is 22.5 Å². The van der Waals surface area contributed by atoms with Gasteiger partial charge in [0.25, 0.3) is 0 Å². The summed E-state index contributed by atoms with van der Waals surface area (Å²) in [5.41, 5.74) is -0.0554. The molecule has 2 atom stereocenters. The van der Waals surface area contributed by atoms with Crippen LogP contribution >= 0.6 is 0 Å². The standard InChI is InChI=1S/C12H22N4O3/c1-4-10(2)6-14(3)8-12(17)9-15-7-11(5-13-15)16(18)19/h5,7,10,12,17H,4,6,8-9H2,1-3H3. The molecule has 0 radical (unpaired) electrons. The van der Waals surface area contributed by atoms with Crippen LogP contribution in [0.3, 0.4) is 0 Å². The Balaban J connectivity index is 2.41. The van der Waals surface area contributed by atoms with Crippen molar-refractivity contribution in [3.8, 4) is 0 Å². The van der Waals surface area contributed by atoms with Crippen LogP contribution in [-0.2, 0) is 6.54 Å². The van der Waals surface area contributed by atoms with E-state index in [1.165, 1.54) is 17.1 Å². The van der Waals surface area contributed by atoms with E-state index in [0.29, 0.717) is 12.5 Å². The molecule has 7 nitrogen and oxygen atoms in total. The molecule has 1 N–H and O–H groups in total. The molecular formula is C12H22N4O3. The van der Waals surface area contributed by atoms with Gasteiger partial charge in [0.1, 0.15) is 12.4 Å². The molecular weight excluding hydrogens is 248 g/mol. The summed E-state index contributed by atoms with van der Waals surface area (Å²) in [5, 5.41) is 24.3. The molecule has 0 aliphatic rings. The normalized spacial score (nSPS) is 14.6. The smallest absolute Gasteiger partial charge is 0.306 e. The summed E-state index contributed by atoms with van der Waals surface area (Å²) in [4.78, 5) is 12.1. The number of aromatic nitrogens is 2. The van der Waals surface area contributed by atoms with Crippen LogP contribution in [0.4, 0.5) is 5.69 Å². The highest BCUT2D eigenvalue weighted by Crippen LogP contribution is 2.09. The Morgan fingerprint density at radius 1 is 1.58 bits per heavy atom. The SMILES string of the molecule is CCC(C)CN(C)CC(O)Cn1cc([N+](=O)[O-])cn1. The molecule has 0 bridgehead atoms. The second kappa shape index (κ2) is 7.20. The minimum atomic E-state index is -0.589. The van der Waals surface area contributed by atoms with E-state index in [0.717, 1.165) is 13.0 Å². The number of aliphatic hydroxyl groups is 1. The fourth-order valence-electron chi connectivity index (χ4n) is 1.92. The van der Waals surface area contributed by atoms with E-state index in [1.807, 2.05) is 7.05 Å². The Labute approximate surface area is 113 Å². The molecule has 1 heterocycles. The number of rotatable bonds is 8. The predicted octanol–water partition coefficient (Wildman–Crippen LogP) is 1.13. The minimum absolute atomic E-state index is 0.0554. The first-order valence-corrected chi connectivity index (χ1v) is 6.45. The Bertz CT molecular complexity index is 407. The molecule has 19 heavy (non-hydrogen) atoms. The Morgan fingerprint density at radius 2 is 2.26 bits per heavy atom. The van der Waals surface area contributed by atoms with E-state index < -0.39 is 11.0 Å². The van der Waals surface area contributed by atoms with E-state index >= 15 is 0 Å². The van der Waals surface area contributed by atoms with Gasteiger partial charge in [0.05, 0.1) is 17.6 Å². The molecule has 0 aromatic carbocycles. The maximum Gasteiger partial charge on any atom is 0.306 e. The van der Waals surface area contributed by atoms with Crippen molar-refractivity contribution in [1.29, 1.82) is 0 Å². The van der Waals surface area contributed by atoms with Crippen LogP contribution in [0.15, 0.2) is 12.4 Å². The monoisotopic (exact) mass is 270 g/mol. The summed E-state index contributed by atoms with van der Waals surface area (Å²) >= 11 is 0. The van der Waals surface area contributed by atoms with Gasteiger partial charge in [-0.1, -0.05) is 20.3 Å². The number of nitrogens with zero attached hydrogens (tertiary/aromatic N) is 4. The van der Waals surface area contributed by atoms with Crippen LogP contribution < -0.4 is 0 Å². The average Bonchev–Trinajstić information content (AvgIpc) is 2.76. The van der Waals surface area contributed by atoms with Gasteiger partial charge in [-0.25, -0.2) is 0 Å². The predicted molar refractivity (Wildman–Crippen MR) is 71.8 cm³/mol. The van der Waals surface area contributed by atoms with Gasteiger partial charge in [-0.2, -0.15) is 5.10 Å². The molecule has 0 spiro atoms. The summed E-state index contributed by atoms with van der Waals surface area (Å²) in [6.07, 6.45) is 3.03. The fraction of sp³-hybridized carbons (Fsp3) is 0.750. The summed E-state index contributed by atoms with van der Waals surface area (Å²) in [7, 11) is 1.96. The Hall–Kier alpha value is -1.47. The van der Waals surface area contributed by atoms with Crippen molar-refractivity contribution in [2.45, 2.75) is 32.9 Å². The van der Waals surface area contributed by atoms with Gasteiger partial charge >= 0.3 is 5.69 Å². The molecule has 1 rings (SSSR count). The summed E-state index contributed by atoms with van der Waals surface area (Å²) in [5.74, 6) is 0.586. The Kier molecular flexibility index (Phi) is 5.91. The largest absolute Gasteiger partial charge is 0.390 e. The molecule has 0 aliphatic heterocycles. The van der Waals surface area contributed by atoms with E-state index in [1.54, 1.807) is 0 Å². The zero-order valence-corrected chi connectivity index (χ0v) is 11.7. The van der Waals surface area contributed by atoms with Crippen LogP contribution in [0, 0.1) is 16.0 Å². The van der Waals surface area contributed by atoms with Crippen molar-refractivity contribution in [1.82, 2.24) is 14.7 Å². The molecule has 0 fully saturated rings. The van der Waals surface area contributed by atoms with Crippen molar-refractivity contribution >= 4 is 5.69 Å². The summed E-state index contributed by atoms with van der Waals surface area (Å²) in [6, 6.07) is 0. The Morgan fingerprint density at radius 3 is 2.79 bits per heavy atom. The first-order chi connectivity index (χ1) is 8.92. The summed E-state index contributed by atoms with van der Waals surface area (Å²) in [6.45, 7) is 6.01.